The van der Waals surface area contributed by atoms with Gasteiger partial charge < -0.3 is 19.5 Å². The van der Waals surface area contributed by atoms with E-state index in [4.69, 9.17) is 25.8 Å². The fourth-order valence-corrected chi connectivity index (χ4v) is 4.12. The van der Waals surface area contributed by atoms with E-state index in [1.54, 1.807) is 26.4 Å². The molecule has 1 fully saturated rings. The summed E-state index contributed by atoms with van der Waals surface area (Å²) in [6.07, 6.45) is 4.43. The molecule has 7 heteroatoms. The molecule has 2 aromatic carbocycles. The minimum atomic E-state index is -0.0990. The number of hydrogen-bond acceptors (Lipinski definition) is 5. The molecular formula is C23H29ClN2O4. The molecule has 0 unspecified atom stereocenters. The maximum Gasteiger partial charge on any atom is 0.238 e. The predicted octanol–water partition coefficient (Wildman–Crippen LogP) is 4.92. The van der Waals surface area contributed by atoms with E-state index < -0.39 is 0 Å². The molecule has 6 nitrogen and oxygen atoms in total. The van der Waals surface area contributed by atoms with Crippen LogP contribution in [0.1, 0.15) is 37.3 Å². The quantitative estimate of drug-likeness (QED) is 0.672. The van der Waals surface area contributed by atoms with Gasteiger partial charge in [0.1, 0.15) is 17.2 Å². The van der Waals surface area contributed by atoms with Crippen LogP contribution in [-0.4, -0.2) is 45.2 Å². The molecule has 0 radical (unpaired) electrons. The number of anilines is 1. The Morgan fingerprint density at radius 2 is 1.77 bits per heavy atom. The van der Waals surface area contributed by atoms with Crippen molar-refractivity contribution < 1.29 is 19.0 Å². The Bertz CT molecular complexity index is 857. The number of carbonyl (C=O) groups is 1. The molecule has 0 aromatic heterocycles. The van der Waals surface area contributed by atoms with Gasteiger partial charge in [-0.1, -0.05) is 36.6 Å². The lowest BCUT2D eigenvalue weighted by Gasteiger charge is -2.30. The van der Waals surface area contributed by atoms with Crippen LogP contribution >= 0.6 is 11.6 Å². The van der Waals surface area contributed by atoms with Crippen LogP contribution in [0.3, 0.4) is 0 Å². The zero-order chi connectivity index (χ0) is 21.5. The van der Waals surface area contributed by atoms with Gasteiger partial charge in [0.15, 0.2) is 0 Å². The second-order valence-corrected chi connectivity index (χ2v) is 7.75. The van der Waals surface area contributed by atoms with Crippen LogP contribution in [0.15, 0.2) is 36.4 Å². The Morgan fingerprint density at radius 1 is 1.03 bits per heavy atom. The summed E-state index contributed by atoms with van der Waals surface area (Å²) in [4.78, 5) is 15.2. The molecule has 0 bridgehead atoms. The number of amides is 1. The molecule has 0 saturated carbocycles. The van der Waals surface area contributed by atoms with Crippen molar-refractivity contribution in [3.8, 4) is 17.2 Å². The Balaban J connectivity index is 1.76. The average Bonchev–Trinajstić information content (AvgIpc) is 3.00. The number of ether oxygens (including phenoxy) is 3. The monoisotopic (exact) mass is 432 g/mol. The molecule has 1 amide bonds. The highest BCUT2D eigenvalue weighted by Gasteiger charge is 2.25. The lowest BCUT2D eigenvalue weighted by molar-refractivity contribution is -0.117. The highest BCUT2D eigenvalue weighted by Crippen LogP contribution is 2.36. The van der Waals surface area contributed by atoms with Gasteiger partial charge in [-0.05, 0) is 37.1 Å². The highest BCUT2D eigenvalue weighted by atomic mass is 35.5. The molecule has 1 atom stereocenters. The largest absolute Gasteiger partial charge is 0.497 e. The lowest BCUT2D eigenvalue weighted by Crippen LogP contribution is -2.36. The van der Waals surface area contributed by atoms with E-state index in [0.717, 1.165) is 31.6 Å². The van der Waals surface area contributed by atoms with Gasteiger partial charge in [0.2, 0.25) is 5.91 Å². The van der Waals surface area contributed by atoms with Crippen LogP contribution in [0.2, 0.25) is 5.02 Å². The number of halogens is 1. The number of nitrogens with zero attached hydrogens (tertiary/aromatic N) is 1. The summed E-state index contributed by atoms with van der Waals surface area (Å²) in [5, 5.41) is 3.39. The summed E-state index contributed by atoms with van der Waals surface area (Å²) in [5.74, 6) is 1.72. The molecular weight excluding hydrogens is 404 g/mol. The van der Waals surface area contributed by atoms with E-state index in [2.05, 4.69) is 22.3 Å². The zero-order valence-corrected chi connectivity index (χ0v) is 18.5. The van der Waals surface area contributed by atoms with Gasteiger partial charge in [0.05, 0.1) is 38.6 Å². The molecule has 162 valence electrons. The first-order valence-corrected chi connectivity index (χ1v) is 10.5. The topological polar surface area (TPSA) is 60.0 Å². The van der Waals surface area contributed by atoms with E-state index >= 15 is 0 Å². The number of carbonyl (C=O) groups excluding carboxylic acids is 1. The van der Waals surface area contributed by atoms with Gasteiger partial charge in [-0.2, -0.15) is 0 Å². The summed E-state index contributed by atoms with van der Waals surface area (Å²) >= 11 is 6.16. The van der Waals surface area contributed by atoms with Crippen LogP contribution in [0.5, 0.6) is 17.2 Å². The van der Waals surface area contributed by atoms with Crippen LogP contribution in [-0.2, 0) is 4.79 Å². The Labute approximate surface area is 183 Å². The molecule has 30 heavy (non-hydrogen) atoms. The molecule has 1 aliphatic rings. The van der Waals surface area contributed by atoms with Gasteiger partial charge in [-0.3, -0.25) is 9.69 Å². The van der Waals surface area contributed by atoms with Gasteiger partial charge in [-0.25, -0.2) is 0 Å². The van der Waals surface area contributed by atoms with E-state index in [-0.39, 0.29) is 11.9 Å². The van der Waals surface area contributed by atoms with Crippen molar-refractivity contribution in [2.24, 2.45) is 0 Å². The molecule has 0 aliphatic carbocycles. The molecule has 1 N–H and O–H groups in total. The normalized spacial score (nSPS) is 17.1. The summed E-state index contributed by atoms with van der Waals surface area (Å²) in [7, 11) is 4.75. The predicted molar refractivity (Wildman–Crippen MR) is 119 cm³/mol. The first kappa shape index (κ1) is 22.2. The minimum Gasteiger partial charge on any atom is -0.497 e. The maximum atomic E-state index is 12.9. The molecule has 1 saturated heterocycles. The van der Waals surface area contributed by atoms with E-state index in [0.29, 0.717) is 28.8 Å². The smallest absolute Gasteiger partial charge is 0.238 e. The van der Waals surface area contributed by atoms with Gasteiger partial charge in [-0.15, -0.1) is 0 Å². The Kier molecular flexibility index (Phi) is 7.82. The van der Waals surface area contributed by atoms with Crippen LogP contribution < -0.4 is 19.5 Å². The summed E-state index contributed by atoms with van der Waals surface area (Å²) in [5.41, 5.74) is 1.75. The summed E-state index contributed by atoms with van der Waals surface area (Å²) in [6.45, 7) is 1.18. The van der Waals surface area contributed by atoms with Crippen molar-refractivity contribution in [1.82, 2.24) is 4.90 Å². The van der Waals surface area contributed by atoms with E-state index in [1.807, 2.05) is 12.1 Å². The summed E-state index contributed by atoms with van der Waals surface area (Å²) < 4.78 is 15.9. The second kappa shape index (κ2) is 10.5. The first-order valence-electron chi connectivity index (χ1n) is 10.1. The first-order chi connectivity index (χ1) is 14.5. The molecule has 3 rings (SSSR count). The van der Waals surface area contributed by atoms with Crippen LogP contribution in [0.4, 0.5) is 5.69 Å². The highest BCUT2D eigenvalue weighted by molar-refractivity contribution is 6.32. The van der Waals surface area contributed by atoms with Crippen molar-refractivity contribution in [3.63, 3.8) is 0 Å². The second-order valence-electron chi connectivity index (χ2n) is 7.34. The number of likely N-dealkylation sites (tertiary alicyclic amines) is 1. The minimum absolute atomic E-state index is 0.0990. The fraction of sp³-hybridized carbons (Fsp3) is 0.435. The number of rotatable bonds is 7. The van der Waals surface area contributed by atoms with Crippen molar-refractivity contribution in [3.05, 3.63) is 47.0 Å². The fourth-order valence-electron chi connectivity index (χ4n) is 3.89. The maximum absolute atomic E-state index is 12.9. The third-order valence-corrected chi connectivity index (χ3v) is 5.75. The van der Waals surface area contributed by atoms with Crippen molar-refractivity contribution in [2.45, 2.75) is 31.7 Å². The van der Waals surface area contributed by atoms with Gasteiger partial charge in [0, 0.05) is 18.2 Å². The van der Waals surface area contributed by atoms with E-state index in [1.165, 1.54) is 19.1 Å². The van der Waals surface area contributed by atoms with Gasteiger partial charge in [0.25, 0.3) is 0 Å². The van der Waals surface area contributed by atoms with Crippen molar-refractivity contribution in [1.29, 1.82) is 0 Å². The number of hydrogen-bond donors (Lipinski definition) is 1. The Hall–Kier alpha value is -2.44. The standard InChI is InChI=1S/C23H29ClN2O4/c1-28-17-10-8-16(9-11-17)20-7-5-4-6-12-26(20)15-23(27)25-19-14-21(29-2)18(24)13-22(19)30-3/h8-11,13-14,20H,4-7,12,15H2,1-3H3,(H,25,27)/t20-/m1/s1. The third-order valence-electron chi connectivity index (χ3n) is 5.46. The molecule has 0 spiro atoms. The SMILES string of the molecule is COc1ccc([C@H]2CCCCCN2CC(=O)Nc2cc(OC)c(Cl)cc2OC)cc1. The number of methoxy groups -OCH3 is 3. The Morgan fingerprint density at radius 3 is 2.43 bits per heavy atom. The lowest BCUT2D eigenvalue weighted by atomic mass is 10.0. The van der Waals surface area contributed by atoms with Gasteiger partial charge >= 0.3 is 0 Å². The number of nitrogens with one attached hydrogen (secondary N) is 1. The van der Waals surface area contributed by atoms with E-state index in [9.17, 15) is 4.79 Å². The molecule has 2 aromatic rings. The number of benzene rings is 2. The van der Waals surface area contributed by atoms with Crippen molar-refractivity contribution >= 4 is 23.2 Å². The molecule has 1 heterocycles. The van der Waals surface area contributed by atoms with Crippen LogP contribution in [0, 0.1) is 0 Å². The van der Waals surface area contributed by atoms with Crippen LogP contribution in [0.25, 0.3) is 0 Å². The average molecular weight is 433 g/mol. The summed E-state index contributed by atoms with van der Waals surface area (Å²) in [6, 6.07) is 11.7. The third kappa shape index (κ3) is 5.37. The van der Waals surface area contributed by atoms with Crippen molar-refractivity contribution in [2.75, 3.05) is 39.7 Å². The zero-order valence-electron chi connectivity index (χ0n) is 17.7. The molecule has 1 aliphatic heterocycles.